The zero-order valence-corrected chi connectivity index (χ0v) is 14.5. The number of hydrogen-bond donors (Lipinski definition) is 2. The van der Waals surface area contributed by atoms with E-state index >= 15 is 0 Å². The summed E-state index contributed by atoms with van der Waals surface area (Å²) in [5.74, 6) is 0. The van der Waals surface area contributed by atoms with Crippen LogP contribution in [0.3, 0.4) is 0 Å². The Labute approximate surface area is 147 Å². The summed E-state index contributed by atoms with van der Waals surface area (Å²) in [5.41, 5.74) is 3.05. The Balaban J connectivity index is 1.59. The second-order valence-corrected chi connectivity index (χ2v) is 6.47. The van der Waals surface area contributed by atoms with E-state index in [0.29, 0.717) is 10.1 Å². The largest absolute Gasteiger partial charge is 0.372 e. The molecule has 0 radical (unpaired) electrons. The molecule has 0 bridgehead atoms. The van der Waals surface area contributed by atoms with Crippen molar-refractivity contribution in [3.63, 3.8) is 0 Å². The Morgan fingerprint density at radius 1 is 0.913 bits per heavy atom. The van der Waals surface area contributed by atoms with E-state index in [1.807, 2.05) is 24.3 Å². The van der Waals surface area contributed by atoms with Gasteiger partial charge in [-0.05, 0) is 67.9 Å². The van der Waals surface area contributed by atoms with E-state index in [4.69, 9.17) is 23.8 Å². The van der Waals surface area contributed by atoms with Gasteiger partial charge >= 0.3 is 0 Å². The molecule has 3 rings (SSSR count). The summed E-state index contributed by atoms with van der Waals surface area (Å²) < 4.78 is 0. The molecule has 1 fully saturated rings. The number of para-hydroxylation sites is 1. The van der Waals surface area contributed by atoms with E-state index in [2.05, 4.69) is 39.8 Å². The third-order valence-electron chi connectivity index (χ3n) is 3.97. The summed E-state index contributed by atoms with van der Waals surface area (Å²) in [7, 11) is 0. The van der Waals surface area contributed by atoms with Crippen LogP contribution in [0.1, 0.15) is 19.3 Å². The van der Waals surface area contributed by atoms with Crippen LogP contribution in [0.4, 0.5) is 17.1 Å². The Morgan fingerprint density at radius 2 is 1.61 bits per heavy atom. The maximum atomic E-state index is 6.12. The van der Waals surface area contributed by atoms with Crippen LogP contribution in [-0.4, -0.2) is 18.2 Å². The van der Waals surface area contributed by atoms with Crippen molar-refractivity contribution in [3.8, 4) is 0 Å². The van der Waals surface area contributed by atoms with Crippen molar-refractivity contribution >= 4 is 46.0 Å². The molecule has 120 valence electrons. The van der Waals surface area contributed by atoms with Gasteiger partial charge in [0.15, 0.2) is 5.11 Å². The number of halogens is 1. The average Bonchev–Trinajstić information content (AvgIpc) is 2.58. The maximum Gasteiger partial charge on any atom is 0.175 e. The minimum atomic E-state index is 0.531. The normalized spacial score (nSPS) is 14.4. The van der Waals surface area contributed by atoms with Crippen LogP contribution >= 0.6 is 23.8 Å². The number of hydrogen-bond acceptors (Lipinski definition) is 2. The lowest BCUT2D eigenvalue weighted by Crippen LogP contribution is -2.29. The van der Waals surface area contributed by atoms with E-state index in [-0.39, 0.29) is 0 Å². The van der Waals surface area contributed by atoms with Crippen LogP contribution in [0.5, 0.6) is 0 Å². The second-order valence-electron chi connectivity index (χ2n) is 5.65. The van der Waals surface area contributed by atoms with Gasteiger partial charge in [0.05, 0.1) is 10.7 Å². The third-order valence-corrected chi connectivity index (χ3v) is 4.50. The molecule has 1 aliphatic heterocycles. The summed E-state index contributed by atoms with van der Waals surface area (Å²) in [4.78, 5) is 2.44. The molecular weight excluding hydrogens is 326 g/mol. The lowest BCUT2D eigenvalue weighted by atomic mass is 10.1. The zero-order valence-electron chi connectivity index (χ0n) is 12.9. The molecule has 0 saturated carbocycles. The number of anilines is 3. The third kappa shape index (κ3) is 4.36. The van der Waals surface area contributed by atoms with Crippen LogP contribution < -0.4 is 15.5 Å². The van der Waals surface area contributed by atoms with Crippen molar-refractivity contribution in [2.75, 3.05) is 28.6 Å². The van der Waals surface area contributed by atoms with Gasteiger partial charge in [-0.25, -0.2) is 0 Å². The van der Waals surface area contributed by atoms with Crippen molar-refractivity contribution in [2.24, 2.45) is 0 Å². The summed E-state index contributed by atoms with van der Waals surface area (Å²) in [5, 5.41) is 7.49. The van der Waals surface area contributed by atoms with Crippen molar-refractivity contribution in [1.82, 2.24) is 0 Å². The molecule has 0 aromatic heterocycles. The molecule has 0 unspecified atom stereocenters. The van der Waals surface area contributed by atoms with Gasteiger partial charge in [0, 0.05) is 24.5 Å². The Morgan fingerprint density at radius 3 is 2.30 bits per heavy atom. The van der Waals surface area contributed by atoms with Crippen LogP contribution in [-0.2, 0) is 0 Å². The fraction of sp³-hybridized carbons (Fsp3) is 0.278. The topological polar surface area (TPSA) is 27.3 Å². The highest BCUT2D eigenvalue weighted by Crippen LogP contribution is 2.23. The van der Waals surface area contributed by atoms with Crippen molar-refractivity contribution in [2.45, 2.75) is 19.3 Å². The monoisotopic (exact) mass is 345 g/mol. The summed E-state index contributed by atoms with van der Waals surface area (Å²) in [6, 6.07) is 16.0. The quantitative estimate of drug-likeness (QED) is 0.753. The molecule has 0 atom stereocenters. The minimum absolute atomic E-state index is 0.531. The van der Waals surface area contributed by atoms with Gasteiger partial charge in [-0.3, -0.25) is 0 Å². The molecule has 2 aromatic carbocycles. The van der Waals surface area contributed by atoms with Gasteiger partial charge in [-0.1, -0.05) is 23.7 Å². The van der Waals surface area contributed by atoms with E-state index in [0.717, 1.165) is 24.5 Å². The predicted molar refractivity (Wildman–Crippen MR) is 104 cm³/mol. The number of nitrogens with zero attached hydrogens (tertiary/aromatic N) is 1. The maximum absolute atomic E-state index is 6.12. The highest BCUT2D eigenvalue weighted by Gasteiger charge is 2.10. The zero-order chi connectivity index (χ0) is 16.1. The summed E-state index contributed by atoms with van der Waals surface area (Å²) >= 11 is 11.5. The molecule has 23 heavy (non-hydrogen) atoms. The molecule has 1 heterocycles. The highest BCUT2D eigenvalue weighted by molar-refractivity contribution is 7.80. The van der Waals surface area contributed by atoms with Crippen LogP contribution in [0.2, 0.25) is 5.02 Å². The van der Waals surface area contributed by atoms with Crippen molar-refractivity contribution in [1.29, 1.82) is 0 Å². The van der Waals surface area contributed by atoms with Gasteiger partial charge < -0.3 is 15.5 Å². The fourth-order valence-electron chi connectivity index (χ4n) is 2.75. The number of piperidine rings is 1. The summed E-state index contributed by atoms with van der Waals surface area (Å²) in [6.07, 6.45) is 3.91. The van der Waals surface area contributed by atoms with E-state index in [1.54, 1.807) is 0 Å². The Hall–Kier alpha value is -1.78. The molecule has 0 spiro atoms. The summed E-state index contributed by atoms with van der Waals surface area (Å²) in [6.45, 7) is 2.30. The molecular formula is C18H20ClN3S. The Kier molecular flexibility index (Phi) is 5.36. The van der Waals surface area contributed by atoms with Crippen LogP contribution in [0.15, 0.2) is 48.5 Å². The first-order valence-electron chi connectivity index (χ1n) is 7.90. The van der Waals surface area contributed by atoms with E-state index in [9.17, 15) is 0 Å². The fourth-order valence-corrected chi connectivity index (χ4v) is 3.17. The molecule has 0 amide bonds. The molecule has 1 aliphatic rings. The SMILES string of the molecule is S=C(Nc1ccc(N2CCCCC2)cc1)Nc1ccccc1Cl. The first-order valence-corrected chi connectivity index (χ1v) is 8.68. The average molecular weight is 346 g/mol. The second kappa shape index (κ2) is 7.66. The van der Waals surface area contributed by atoms with E-state index in [1.165, 1.54) is 24.9 Å². The van der Waals surface area contributed by atoms with Crippen molar-refractivity contribution in [3.05, 3.63) is 53.6 Å². The molecule has 2 aromatic rings. The number of rotatable bonds is 3. The number of nitrogens with one attached hydrogen (secondary N) is 2. The standard InChI is InChI=1S/C18H20ClN3S/c19-16-6-2-3-7-17(16)21-18(23)20-14-8-10-15(11-9-14)22-12-4-1-5-13-22/h2-3,6-11H,1,4-5,12-13H2,(H2,20,21,23). The minimum Gasteiger partial charge on any atom is -0.372 e. The van der Waals surface area contributed by atoms with Crippen LogP contribution in [0, 0.1) is 0 Å². The first kappa shape index (κ1) is 16.1. The van der Waals surface area contributed by atoms with Gasteiger partial charge in [-0.2, -0.15) is 0 Å². The number of benzene rings is 2. The highest BCUT2D eigenvalue weighted by atomic mass is 35.5. The predicted octanol–water partition coefficient (Wildman–Crippen LogP) is 5.14. The first-order chi connectivity index (χ1) is 11.2. The van der Waals surface area contributed by atoms with Gasteiger partial charge in [0.25, 0.3) is 0 Å². The van der Waals surface area contributed by atoms with Gasteiger partial charge in [0.2, 0.25) is 0 Å². The van der Waals surface area contributed by atoms with E-state index < -0.39 is 0 Å². The lowest BCUT2D eigenvalue weighted by Gasteiger charge is -2.28. The molecule has 2 N–H and O–H groups in total. The van der Waals surface area contributed by atoms with Crippen molar-refractivity contribution < 1.29 is 0 Å². The molecule has 0 aliphatic carbocycles. The molecule has 1 saturated heterocycles. The van der Waals surface area contributed by atoms with Gasteiger partial charge in [-0.15, -0.1) is 0 Å². The smallest absolute Gasteiger partial charge is 0.175 e. The molecule has 3 nitrogen and oxygen atoms in total. The van der Waals surface area contributed by atoms with Gasteiger partial charge in [0.1, 0.15) is 0 Å². The Bertz CT molecular complexity index is 666. The number of thiocarbonyl (C=S) groups is 1. The molecule has 5 heteroatoms. The lowest BCUT2D eigenvalue weighted by molar-refractivity contribution is 0.578. The van der Waals surface area contributed by atoms with Crippen LogP contribution in [0.25, 0.3) is 0 Å².